The molecule has 16 heteroatoms. The number of nitrogens with zero attached hydrogens (tertiary/aromatic N) is 6. The van der Waals surface area contributed by atoms with Crippen molar-refractivity contribution in [2.24, 2.45) is 23.7 Å². The van der Waals surface area contributed by atoms with Crippen molar-refractivity contribution < 1.29 is 41.7 Å². The highest BCUT2D eigenvalue weighted by atomic mass is 19.4. The van der Waals surface area contributed by atoms with Crippen LogP contribution in [0.2, 0.25) is 0 Å². The maximum atomic E-state index is 14.9. The number of aromatic nitrogens is 5. The Morgan fingerprint density at radius 2 is 1.66 bits per heavy atom. The molecule has 2 bridgehead atoms. The SMILES string of the molecule is COC1CCC(n2cc(-c3ncc(C(=O)NC4(C(=O)O)C(C)CC5CC(C)CC4C5)c(C(F)(F)F)n3)c3ccc(OC4CCN(c5ncc(F)cn5)CC4)cc32)CC1. The molecular formula is C42H49F4N7O5. The van der Waals surface area contributed by atoms with Crippen LogP contribution < -0.4 is 15.0 Å². The third-order valence-electron chi connectivity index (χ3n) is 13.2. The van der Waals surface area contributed by atoms with Gasteiger partial charge in [-0.15, -0.1) is 0 Å². The van der Waals surface area contributed by atoms with Gasteiger partial charge in [0.25, 0.3) is 5.91 Å². The van der Waals surface area contributed by atoms with Crippen LogP contribution in [0.4, 0.5) is 23.5 Å². The fourth-order valence-corrected chi connectivity index (χ4v) is 10.4. The number of carbonyl (C=O) groups excluding carboxylic acids is 1. The minimum Gasteiger partial charge on any atom is -0.490 e. The summed E-state index contributed by atoms with van der Waals surface area (Å²) in [6.45, 7) is 5.04. The highest BCUT2D eigenvalue weighted by Gasteiger charge is 2.57. The molecule has 4 heterocycles. The van der Waals surface area contributed by atoms with Crippen molar-refractivity contribution in [3.8, 4) is 17.1 Å². The zero-order valence-electron chi connectivity index (χ0n) is 32.8. The minimum absolute atomic E-state index is 0.0239. The van der Waals surface area contributed by atoms with Crippen LogP contribution in [0.3, 0.4) is 0 Å². The predicted octanol–water partition coefficient (Wildman–Crippen LogP) is 7.87. The smallest absolute Gasteiger partial charge is 0.434 e. The number of nitrogens with one attached hydrogen (secondary N) is 1. The van der Waals surface area contributed by atoms with E-state index in [4.69, 9.17) is 9.47 Å². The van der Waals surface area contributed by atoms with Crippen LogP contribution in [0, 0.1) is 29.5 Å². The summed E-state index contributed by atoms with van der Waals surface area (Å²) in [6, 6.07) is 5.51. The molecule has 1 aromatic carbocycles. The summed E-state index contributed by atoms with van der Waals surface area (Å²) in [5.41, 5.74) is -2.84. The lowest BCUT2D eigenvalue weighted by molar-refractivity contribution is -0.155. The molecule has 3 aromatic heterocycles. The molecule has 310 valence electrons. The van der Waals surface area contributed by atoms with Crippen molar-refractivity contribution in [1.29, 1.82) is 0 Å². The molecule has 0 spiro atoms. The highest BCUT2D eigenvalue weighted by Crippen LogP contribution is 2.50. The molecule has 1 aliphatic heterocycles. The molecule has 2 N–H and O–H groups in total. The zero-order valence-corrected chi connectivity index (χ0v) is 32.8. The number of fused-ring (bicyclic) bond motifs is 3. The van der Waals surface area contributed by atoms with Crippen molar-refractivity contribution in [2.45, 2.75) is 108 Å². The van der Waals surface area contributed by atoms with Gasteiger partial charge >= 0.3 is 12.1 Å². The van der Waals surface area contributed by atoms with Crippen LogP contribution in [0.5, 0.6) is 5.75 Å². The van der Waals surface area contributed by atoms with Gasteiger partial charge in [-0.3, -0.25) is 4.79 Å². The average Bonchev–Trinajstić information content (AvgIpc) is 3.58. The van der Waals surface area contributed by atoms with Gasteiger partial charge in [-0.2, -0.15) is 13.2 Å². The normalized spacial score (nSPS) is 28.0. The summed E-state index contributed by atoms with van der Waals surface area (Å²) in [7, 11) is 1.69. The number of carboxylic acids is 1. The van der Waals surface area contributed by atoms with Crippen LogP contribution in [0.1, 0.15) is 100 Å². The number of piperidine rings is 1. The second-order valence-corrected chi connectivity index (χ2v) is 16.9. The molecule has 4 aliphatic rings. The number of amides is 1. The summed E-state index contributed by atoms with van der Waals surface area (Å²) in [5, 5.41) is 13.8. The van der Waals surface area contributed by atoms with Crippen LogP contribution in [-0.2, 0) is 15.7 Å². The van der Waals surface area contributed by atoms with E-state index in [2.05, 4.69) is 29.8 Å². The lowest BCUT2D eigenvalue weighted by Crippen LogP contribution is -2.66. The van der Waals surface area contributed by atoms with Crippen molar-refractivity contribution >= 4 is 28.7 Å². The standard InChI is InChI=1S/C42H49F4N7O5/c1-23-14-25-16-24(2)41(39(55)56,26(15-23)17-25)51-38(54)33-21-47-37(50-36(33)42(44,45)46)34-22-53(28-4-6-29(57-3)7-5-28)35-18-31(8-9-32(34)35)58-30-10-12-52(13-11-30)40-48-19-27(43)20-49-40/h8-9,18-26,28-30H,4-7,10-17H2,1-3H3,(H,51,54)(H,55,56). The Kier molecular flexibility index (Phi) is 10.8. The molecule has 3 aliphatic carbocycles. The second-order valence-electron chi connectivity index (χ2n) is 16.9. The molecule has 4 fully saturated rings. The Morgan fingerprint density at radius 1 is 0.931 bits per heavy atom. The van der Waals surface area contributed by atoms with E-state index in [1.807, 2.05) is 17.9 Å². The molecule has 0 radical (unpaired) electrons. The van der Waals surface area contributed by atoms with Crippen molar-refractivity contribution in [3.05, 3.63) is 60.1 Å². The molecular weight excluding hydrogens is 758 g/mol. The Labute approximate surface area is 333 Å². The Balaban J connectivity index is 1.10. The molecule has 3 saturated carbocycles. The topological polar surface area (TPSA) is 145 Å². The van der Waals surface area contributed by atoms with Gasteiger partial charge in [-0.25, -0.2) is 29.1 Å². The largest absolute Gasteiger partial charge is 0.490 e. The molecule has 12 nitrogen and oxygen atoms in total. The Morgan fingerprint density at radius 3 is 2.33 bits per heavy atom. The third kappa shape index (κ3) is 7.59. The first-order valence-corrected chi connectivity index (χ1v) is 20.3. The van der Waals surface area contributed by atoms with E-state index in [1.54, 1.807) is 32.4 Å². The summed E-state index contributed by atoms with van der Waals surface area (Å²) < 4.78 is 72.2. The fraction of sp³-hybridized carbons (Fsp3) is 0.571. The number of aliphatic carboxylic acids is 1. The minimum atomic E-state index is -5.04. The first-order valence-electron chi connectivity index (χ1n) is 20.3. The van der Waals surface area contributed by atoms with E-state index in [0.717, 1.165) is 56.2 Å². The molecule has 5 unspecified atom stereocenters. The molecule has 8 rings (SSSR count). The maximum absolute atomic E-state index is 14.9. The summed E-state index contributed by atoms with van der Waals surface area (Å²) >= 11 is 0. The van der Waals surface area contributed by atoms with Gasteiger partial charge in [0.15, 0.2) is 17.3 Å². The number of benzene rings is 1. The van der Waals surface area contributed by atoms with Crippen molar-refractivity contribution in [3.63, 3.8) is 0 Å². The number of carboxylic acid groups (broad SMARTS) is 1. The molecule has 1 saturated heterocycles. The van der Waals surface area contributed by atoms with E-state index < -0.39 is 52.5 Å². The van der Waals surface area contributed by atoms with E-state index in [0.29, 0.717) is 73.8 Å². The Hall–Kier alpha value is -4.86. The van der Waals surface area contributed by atoms with Crippen molar-refractivity contribution in [2.75, 3.05) is 25.1 Å². The van der Waals surface area contributed by atoms with E-state index in [9.17, 15) is 32.3 Å². The first-order chi connectivity index (χ1) is 27.7. The average molecular weight is 808 g/mol. The summed E-state index contributed by atoms with van der Waals surface area (Å²) in [5.74, 6) is -2.38. The van der Waals surface area contributed by atoms with Crippen LogP contribution in [0.15, 0.2) is 43.0 Å². The lowest BCUT2D eigenvalue weighted by atomic mass is 9.56. The highest BCUT2D eigenvalue weighted by molar-refractivity contribution is 6.00. The quantitative estimate of drug-likeness (QED) is 0.160. The zero-order chi connectivity index (χ0) is 40.9. The third-order valence-corrected chi connectivity index (χ3v) is 13.2. The second kappa shape index (κ2) is 15.7. The van der Waals surface area contributed by atoms with E-state index in [1.165, 1.54) is 0 Å². The van der Waals surface area contributed by atoms with Gasteiger partial charge in [0, 0.05) is 68.5 Å². The lowest BCUT2D eigenvalue weighted by Gasteiger charge is -2.52. The predicted molar refractivity (Wildman–Crippen MR) is 206 cm³/mol. The van der Waals surface area contributed by atoms with E-state index >= 15 is 0 Å². The van der Waals surface area contributed by atoms with Gasteiger partial charge in [-0.05, 0) is 87.2 Å². The number of alkyl halides is 3. The molecule has 4 aromatic rings. The summed E-state index contributed by atoms with van der Waals surface area (Å²) in [6.07, 6.45) is 7.15. The maximum Gasteiger partial charge on any atom is 0.434 e. The van der Waals surface area contributed by atoms with Crippen LogP contribution in [-0.4, -0.2) is 79.4 Å². The molecule has 58 heavy (non-hydrogen) atoms. The van der Waals surface area contributed by atoms with Gasteiger partial charge in [0.05, 0.1) is 29.6 Å². The number of methoxy groups -OCH3 is 1. The van der Waals surface area contributed by atoms with Crippen LogP contribution in [0.25, 0.3) is 22.3 Å². The van der Waals surface area contributed by atoms with Crippen molar-refractivity contribution in [1.82, 2.24) is 29.8 Å². The monoisotopic (exact) mass is 807 g/mol. The molecule has 5 atom stereocenters. The number of ether oxygens (including phenoxy) is 2. The van der Waals surface area contributed by atoms with Crippen LogP contribution >= 0.6 is 0 Å². The summed E-state index contributed by atoms with van der Waals surface area (Å²) in [4.78, 5) is 45.4. The number of hydrogen-bond acceptors (Lipinski definition) is 9. The number of anilines is 1. The number of hydrogen-bond donors (Lipinski definition) is 2. The number of carbonyl (C=O) groups is 2. The first kappa shape index (κ1) is 39.9. The fourth-order valence-electron chi connectivity index (χ4n) is 10.4. The van der Waals surface area contributed by atoms with Gasteiger partial charge in [0.2, 0.25) is 5.95 Å². The number of halogens is 4. The Bertz CT molecular complexity index is 2150. The van der Waals surface area contributed by atoms with E-state index in [-0.39, 0.29) is 30.0 Å². The van der Waals surface area contributed by atoms with Gasteiger partial charge < -0.3 is 29.4 Å². The number of rotatable bonds is 9. The van der Waals surface area contributed by atoms with Gasteiger partial charge in [0.1, 0.15) is 17.4 Å². The molecule has 1 amide bonds. The van der Waals surface area contributed by atoms with Gasteiger partial charge in [-0.1, -0.05) is 13.8 Å².